The molecule has 16 heavy (non-hydrogen) atoms. The zero-order chi connectivity index (χ0) is 11.0. The summed E-state index contributed by atoms with van der Waals surface area (Å²) < 4.78 is 0. The highest BCUT2D eigenvalue weighted by Gasteiger charge is 2.08. The fraction of sp³-hybridized carbons (Fsp3) is 0. The van der Waals surface area contributed by atoms with Crippen molar-refractivity contribution in [1.29, 1.82) is 0 Å². The highest BCUT2D eigenvalue weighted by atomic mass is 16.3. The van der Waals surface area contributed by atoms with Gasteiger partial charge in [0, 0.05) is 16.5 Å². The molecule has 0 saturated heterocycles. The fourth-order valence-corrected chi connectivity index (χ4v) is 1.89. The van der Waals surface area contributed by atoms with Crippen LogP contribution in [0.5, 0.6) is 5.75 Å². The van der Waals surface area contributed by atoms with Crippen molar-refractivity contribution in [2.24, 2.45) is 0 Å². The predicted molar refractivity (Wildman–Crippen MR) is 63.2 cm³/mol. The lowest BCUT2D eigenvalue weighted by molar-refractivity contribution is 0.477. The van der Waals surface area contributed by atoms with Crippen molar-refractivity contribution in [3.8, 4) is 16.9 Å². The number of aromatic hydroxyl groups is 1. The molecule has 2 aromatic carbocycles. The maximum atomic E-state index is 9.83. The van der Waals surface area contributed by atoms with Crippen molar-refractivity contribution in [3.63, 3.8) is 0 Å². The molecule has 1 heterocycles. The van der Waals surface area contributed by atoms with Gasteiger partial charge >= 0.3 is 0 Å². The number of phenols is 1. The first-order chi connectivity index (χ1) is 7.86. The molecule has 0 aliphatic rings. The SMILES string of the molecule is Oc1ccccc1-c1cccc2cn[nH]c12. The van der Waals surface area contributed by atoms with Crippen LogP contribution in [-0.2, 0) is 0 Å². The van der Waals surface area contributed by atoms with Crippen LogP contribution in [0.4, 0.5) is 0 Å². The average Bonchev–Trinajstić information content (AvgIpc) is 2.77. The van der Waals surface area contributed by atoms with Gasteiger partial charge in [0.25, 0.3) is 0 Å². The Bertz CT molecular complexity index is 643. The highest BCUT2D eigenvalue weighted by Crippen LogP contribution is 2.32. The first-order valence-electron chi connectivity index (χ1n) is 5.07. The third kappa shape index (κ3) is 1.26. The van der Waals surface area contributed by atoms with E-state index >= 15 is 0 Å². The molecule has 0 saturated carbocycles. The summed E-state index contributed by atoms with van der Waals surface area (Å²) in [5, 5.41) is 17.8. The average molecular weight is 210 g/mol. The Labute approximate surface area is 92.4 Å². The molecule has 3 aromatic rings. The smallest absolute Gasteiger partial charge is 0.123 e. The molecule has 3 rings (SSSR count). The van der Waals surface area contributed by atoms with E-state index in [2.05, 4.69) is 10.2 Å². The van der Waals surface area contributed by atoms with E-state index in [0.717, 1.165) is 22.0 Å². The van der Waals surface area contributed by atoms with Crippen LogP contribution in [0.15, 0.2) is 48.7 Å². The molecule has 0 aliphatic heterocycles. The molecule has 0 atom stereocenters. The van der Waals surface area contributed by atoms with E-state index in [-0.39, 0.29) is 5.75 Å². The molecule has 0 spiro atoms. The second-order valence-corrected chi connectivity index (χ2v) is 3.66. The van der Waals surface area contributed by atoms with Crippen LogP contribution in [0.3, 0.4) is 0 Å². The van der Waals surface area contributed by atoms with Gasteiger partial charge in [0.15, 0.2) is 0 Å². The van der Waals surface area contributed by atoms with Crippen LogP contribution in [0, 0.1) is 0 Å². The Kier molecular flexibility index (Phi) is 1.90. The van der Waals surface area contributed by atoms with Crippen molar-refractivity contribution in [3.05, 3.63) is 48.7 Å². The second-order valence-electron chi connectivity index (χ2n) is 3.66. The van der Waals surface area contributed by atoms with Crippen LogP contribution in [0.2, 0.25) is 0 Å². The lowest BCUT2D eigenvalue weighted by atomic mass is 10.0. The maximum absolute atomic E-state index is 9.83. The van der Waals surface area contributed by atoms with Crippen LogP contribution in [0.1, 0.15) is 0 Å². The zero-order valence-electron chi connectivity index (χ0n) is 8.51. The molecule has 0 unspecified atom stereocenters. The van der Waals surface area contributed by atoms with Gasteiger partial charge in [0.05, 0.1) is 11.7 Å². The van der Waals surface area contributed by atoms with Gasteiger partial charge in [0.2, 0.25) is 0 Å². The summed E-state index contributed by atoms with van der Waals surface area (Å²) in [5.41, 5.74) is 2.73. The molecule has 0 fully saturated rings. The molecule has 2 N–H and O–H groups in total. The number of nitrogens with zero attached hydrogens (tertiary/aromatic N) is 1. The number of aromatic nitrogens is 2. The van der Waals surface area contributed by atoms with Gasteiger partial charge in [-0.3, -0.25) is 5.10 Å². The number of aromatic amines is 1. The Morgan fingerprint density at radius 2 is 1.75 bits per heavy atom. The molecule has 0 aliphatic carbocycles. The van der Waals surface area contributed by atoms with Crippen molar-refractivity contribution >= 4 is 10.9 Å². The number of benzene rings is 2. The number of nitrogens with one attached hydrogen (secondary N) is 1. The highest BCUT2D eigenvalue weighted by molar-refractivity contribution is 5.94. The van der Waals surface area contributed by atoms with Crippen molar-refractivity contribution in [2.75, 3.05) is 0 Å². The summed E-state index contributed by atoms with van der Waals surface area (Å²) in [5.74, 6) is 0.282. The topological polar surface area (TPSA) is 48.9 Å². The molecular weight excluding hydrogens is 200 g/mol. The predicted octanol–water partition coefficient (Wildman–Crippen LogP) is 2.94. The Balaban J connectivity index is 2.34. The quantitative estimate of drug-likeness (QED) is 0.648. The lowest BCUT2D eigenvalue weighted by Crippen LogP contribution is -1.81. The minimum Gasteiger partial charge on any atom is -0.507 e. The van der Waals surface area contributed by atoms with Crippen molar-refractivity contribution in [2.45, 2.75) is 0 Å². The van der Waals surface area contributed by atoms with Crippen LogP contribution < -0.4 is 0 Å². The van der Waals surface area contributed by atoms with Gasteiger partial charge in [-0.05, 0) is 6.07 Å². The summed E-state index contributed by atoms with van der Waals surface area (Å²) in [6.07, 6.45) is 1.78. The monoisotopic (exact) mass is 210 g/mol. The van der Waals surface area contributed by atoms with E-state index in [4.69, 9.17) is 0 Å². The van der Waals surface area contributed by atoms with E-state index in [1.807, 2.05) is 36.4 Å². The number of hydrogen-bond donors (Lipinski definition) is 2. The first kappa shape index (κ1) is 8.97. The van der Waals surface area contributed by atoms with E-state index < -0.39 is 0 Å². The van der Waals surface area contributed by atoms with Gasteiger partial charge in [-0.25, -0.2) is 0 Å². The number of rotatable bonds is 1. The van der Waals surface area contributed by atoms with Gasteiger partial charge in [-0.2, -0.15) is 5.10 Å². The molecule has 1 aromatic heterocycles. The standard InChI is InChI=1S/C13H10N2O/c16-12-7-2-1-5-10(12)11-6-3-4-9-8-14-15-13(9)11/h1-8,16H,(H,14,15). The summed E-state index contributed by atoms with van der Waals surface area (Å²) in [6, 6.07) is 13.2. The number of phenolic OH excluding ortho intramolecular Hbond substituents is 1. The Morgan fingerprint density at radius 3 is 2.62 bits per heavy atom. The summed E-state index contributed by atoms with van der Waals surface area (Å²) >= 11 is 0. The van der Waals surface area contributed by atoms with E-state index in [0.29, 0.717) is 0 Å². The largest absolute Gasteiger partial charge is 0.507 e. The van der Waals surface area contributed by atoms with Gasteiger partial charge < -0.3 is 5.11 Å². The van der Waals surface area contributed by atoms with Crippen molar-refractivity contribution in [1.82, 2.24) is 10.2 Å². The Morgan fingerprint density at radius 1 is 0.938 bits per heavy atom. The van der Waals surface area contributed by atoms with E-state index in [1.54, 1.807) is 12.3 Å². The number of hydrogen-bond acceptors (Lipinski definition) is 2. The summed E-state index contributed by atoms with van der Waals surface area (Å²) in [4.78, 5) is 0. The molecule has 0 radical (unpaired) electrons. The summed E-state index contributed by atoms with van der Waals surface area (Å²) in [6.45, 7) is 0. The van der Waals surface area contributed by atoms with E-state index in [9.17, 15) is 5.11 Å². The van der Waals surface area contributed by atoms with Crippen LogP contribution >= 0.6 is 0 Å². The van der Waals surface area contributed by atoms with Gasteiger partial charge in [-0.15, -0.1) is 0 Å². The lowest BCUT2D eigenvalue weighted by Gasteiger charge is -2.05. The Hall–Kier alpha value is -2.29. The van der Waals surface area contributed by atoms with Gasteiger partial charge in [-0.1, -0.05) is 36.4 Å². The third-order valence-electron chi connectivity index (χ3n) is 2.67. The van der Waals surface area contributed by atoms with Crippen LogP contribution in [0.25, 0.3) is 22.0 Å². The van der Waals surface area contributed by atoms with Gasteiger partial charge in [0.1, 0.15) is 5.75 Å². The number of para-hydroxylation sites is 2. The zero-order valence-corrected chi connectivity index (χ0v) is 8.51. The number of fused-ring (bicyclic) bond motifs is 1. The molecule has 0 bridgehead atoms. The molecule has 3 nitrogen and oxygen atoms in total. The van der Waals surface area contributed by atoms with E-state index in [1.165, 1.54) is 0 Å². The summed E-state index contributed by atoms with van der Waals surface area (Å²) in [7, 11) is 0. The van der Waals surface area contributed by atoms with Crippen molar-refractivity contribution < 1.29 is 5.11 Å². The number of H-pyrrole nitrogens is 1. The maximum Gasteiger partial charge on any atom is 0.123 e. The normalized spacial score (nSPS) is 10.8. The molecular formula is C13H10N2O. The fourth-order valence-electron chi connectivity index (χ4n) is 1.89. The third-order valence-corrected chi connectivity index (χ3v) is 2.67. The van der Waals surface area contributed by atoms with Crippen LogP contribution in [-0.4, -0.2) is 15.3 Å². The molecule has 3 heteroatoms. The molecule has 0 amide bonds. The molecule has 78 valence electrons. The minimum atomic E-state index is 0.282. The first-order valence-corrected chi connectivity index (χ1v) is 5.07. The minimum absolute atomic E-state index is 0.282. The second kappa shape index (κ2) is 3.38.